The minimum atomic E-state index is -0.657. The van der Waals surface area contributed by atoms with Gasteiger partial charge in [-0.25, -0.2) is 4.98 Å². The maximum Gasteiger partial charge on any atom is 0.492 e. The van der Waals surface area contributed by atoms with Gasteiger partial charge in [0.25, 0.3) is 10.4 Å². The molecule has 0 spiro atoms. The van der Waals surface area contributed by atoms with E-state index in [0.717, 1.165) is 11.8 Å². The second kappa shape index (κ2) is 4.76. The van der Waals surface area contributed by atoms with Crippen molar-refractivity contribution >= 4 is 40.4 Å². The number of aromatic nitrogens is 4. The Hall–Kier alpha value is -2.13. The number of rotatable bonds is 3. The standard InChI is InChI=1S/C10H6ClN5O3S/c1-15-9(13-8(14-15)16(17)18)20-10-12-6-4-5(11)2-3-7(6)19-10/h2-4H,1H3. The molecule has 0 fully saturated rings. The van der Waals surface area contributed by atoms with Gasteiger partial charge in [-0.15, -0.1) is 0 Å². The molecular weight excluding hydrogens is 306 g/mol. The van der Waals surface area contributed by atoms with Crippen LogP contribution in [-0.4, -0.2) is 24.7 Å². The lowest BCUT2D eigenvalue weighted by atomic mass is 10.3. The molecule has 0 radical (unpaired) electrons. The molecule has 3 aromatic rings. The van der Waals surface area contributed by atoms with Crippen LogP contribution < -0.4 is 0 Å². The number of benzene rings is 1. The van der Waals surface area contributed by atoms with Crippen molar-refractivity contribution in [1.82, 2.24) is 19.7 Å². The number of fused-ring (bicyclic) bond motifs is 1. The average Bonchev–Trinajstić information content (AvgIpc) is 2.93. The van der Waals surface area contributed by atoms with Gasteiger partial charge >= 0.3 is 5.95 Å². The number of hydrogen-bond acceptors (Lipinski definition) is 7. The fraction of sp³-hybridized carbons (Fsp3) is 0.100. The number of oxazole rings is 1. The molecule has 10 heteroatoms. The van der Waals surface area contributed by atoms with Crippen LogP contribution in [0.15, 0.2) is 33.0 Å². The molecule has 0 unspecified atom stereocenters. The highest BCUT2D eigenvalue weighted by Gasteiger charge is 2.22. The summed E-state index contributed by atoms with van der Waals surface area (Å²) in [5.74, 6) is -0.464. The van der Waals surface area contributed by atoms with Crippen molar-refractivity contribution < 1.29 is 9.34 Å². The van der Waals surface area contributed by atoms with E-state index in [1.54, 1.807) is 25.2 Å². The number of nitrogens with zero attached hydrogens (tertiary/aromatic N) is 5. The van der Waals surface area contributed by atoms with Gasteiger partial charge in [-0.2, -0.15) is 4.68 Å². The van der Waals surface area contributed by atoms with E-state index >= 15 is 0 Å². The van der Waals surface area contributed by atoms with Gasteiger partial charge in [-0.3, -0.25) is 0 Å². The predicted molar refractivity (Wildman–Crippen MR) is 70.8 cm³/mol. The third-order valence-corrected chi connectivity index (χ3v) is 3.51. The van der Waals surface area contributed by atoms with Gasteiger partial charge < -0.3 is 14.5 Å². The lowest BCUT2D eigenvalue weighted by Gasteiger charge is -1.88. The van der Waals surface area contributed by atoms with Crippen LogP contribution in [0, 0.1) is 10.1 Å². The Kier molecular flexibility index (Phi) is 3.07. The van der Waals surface area contributed by atoms with Gasteiger partial charge in [-0.1, -0.05) is 11.6 Å². The first-order chi connectivity index (χ1) is 9.52. The molecule has 0 bridgehead atoms. The Morgan fingerprint density at radius 2 is 2.25 bits per heavy atom. The van der Waals surface area contributed by atoms with E-state index in [2.05, 4.69) is 15.1 Å². The van der Waals surface area contributed by atoms with E-state index in [9.17, 15) is 10.1 Å². The third kappa shape index (κ3) is 2.32. The number of nitro groups is 1. The molecule has 1 aromatic carbocycles. The molecule has 102 valence electrons. The highest BCUT2D eigenvalue weighted by Crippen LogP contribution is 2.30. The van der Waals surface area contributed by atoms with Crippen molar-refractivity contribution in [2.24, 2.45) is 7.05 Å². The molecule has 0 saturated heterocycles. The minimum Gasteiger partial charge on any atom is -0.431 e. The van der Waals surface area contributed by atoms with Gasteiger partial charge in [0.2, 0.25) is 0 Å². The Labute approximate surface area is 120 Å². The topological polar surface area (TPSA) is 99.9 Å². The second-order valence-corrected chi connectivity index (χ2v) is 5.12. The summed E-state index contributed by atoms with van der Waals surface area (Å²) in [5.41, 5.74) is 1.19. The molecule has 0 amide bonds. The molecule has 2 aromatic heterocycles. The molecule has 0 aliphatic heterocycles. The van der Waals surface area contributed by atoms with E-state index in [1.807, 2.05) is 0 Å². The third-order valence-electron chi connectivity index (χ3n) is 2.38. The van der Waals surface area contributed by atoms with Crippen LogP contribution in [0.25, 0.3) is 11.1 Å². The van der Waals surface area contributed by atoms with Crippen molar-refractivity contribution in [3.8, 4) is 0 Å². The zero-order valence-electron chi connectivity index (χ0n) is 9.98. The quantitative estimate of drug-likeness (QED) is 0.541. The Bertz CT molecular complexity index is 814. The van der Waals surface area contributed by atoms with E-state index in [4.69, 9.17) is 16.0 Å². The maximum atomic E-state index is 10.6. The van der Waals surface area contributed by atoms with Crippen molar-refractivity contribution in [2.75, 3.05) is 0 Å². The molecule has 0 aliphatic rings. The van der Waals surface area contributed by atoms with Gasteiger partial charge in [0, 0.05) is 28.9 Å². The molecule has 2 heterocycles. The summed E-state index contributed by atoms with van der Waals surface area (Å²) in [7, 11) is 1.56. The fourth-order valence-corrected chi connectivity index (χ4v) is 2.42. The molecule has 3 rings (SSSR count). The van der Waals surface area contributed by atoms with Gasteiger partial charge in [-0.05, 0) is 28.1 Å². The van der Waals surface area contributed by atoms with Crippen LogP contribution in [0.3, 0.4) is 0 Å². The molecule has 0 saturated carbocycles. The van der Waals surface area contributed by atoms with Crippen molar-refractivity contribution in [1.29, 1.82) is 0 Å². The van der Waals surface area contributed by atoms with E-state index in [1.165, 1.54) is 4.68 Å². The molecule has 20 heavy (non-hydrogen) atoms. The van der Waals surface area contributed by atoms with Crippen molar-refractivity contribution in [2.45, 2.75) is 10.4 Å². The van der Waals surface area contributed by atoms with Crippen LogP contribution in [-0.2, 0) is 7.05 Å². The van der Waals surface area contributed by atoms with E-state index < -0.39 is 10.9 Å². The Morgan fingerprint density at radius 1 is 1.45 bits per heavy atom. The summed E-state index contributed by atoms with van der Waals surface area (Å²) in [6.07, 6.45) is 0. The lowest BCUT2D eigenvalue weighted by Crippen LogP contribution is -1.94. The number of hydrogen-bond donors (Lipinski definition) is 0. The molecule has 8 nitrogen and oxygen atoms in total. The summed E-state index contributed by atoms with van der Waals surface area (Å²) in [5, 5.41) is 15.5. The van der Waals surface area contributed by atoms with Gasteiger partial charge in [0.1, 0.15) is 5.52 Å². The first kappa shape index (κ1) is 12.9. The van der Waals surface area contributed by atoms with Gasteiger partial charge in [0.15, 0.2) is 5.58 Å². The first-order valence-corrected chi connectivity index (χ1v) is 6.52. The molecular formula is C10H6ClN5O3S. The number of aryl methyl sites for hydroxylation is 1. The van der Waals surface area contributed by atoms with Crippen LogP contribution in [0.2, 0.25) is 5.02 Å². The normalized spacial score (nSPS) is 11.1. The highest BCUT2D eigenvalue weighted by molar-refractivity contribution is 7.99. The maximum absolute atomic E-state index is 10.6. The summed E-state index contributed by atoms with van der Waals surface area (Å²) in [6, 6.07) is 5.06. The molecule has 0 N–H and O–H groups in total. The van der Waals surface area contributed by atoms with Crippen molar-refractivity contribution in [3.05, 3.63) is 33.3 Å². The summed E-state index contributed by atoms with van der Waals surface area (Å²) in [4.78, 5) is 18.0. The Morgan fingerprint density at radius 3 is 2.95 bits per heavy atom. The van der Waals surface area contributed by atoms with Crippen LogP contribution in [0.5, 0.6) is 0 Å². The van der Waals surface area contributed by atoms with Crippen LogP contribution in [0.1, 0.15) is 0 Å². The highest BCUT2D eigenvalue weighted by atomic mass is 35.5. The predicted octanol–water partition coefficient (Wildman–Crippen LogP) is 2.67. The average molecular weight is 312 g/mol. The molecule has 0 aliphatic carbocycles. The number of halogens is 1. The second-order valence-electron chi connectivity index (χ2n) is 3.77. The monoisotopic (exact) mass is 311 g/mol. The fourth-order valence-electron chi connectivity index (χ4n) is 1.52. The SMILES string of the molecule is Cn1nc([N+](=O)[O-])nc1Sc1nc2cc(Cl)ccc2o1. The van der Waals surface area contributed by atoms with Gasteiger partial charge in [0.05, 0.1) is 0 Å². The summed E-state index contributed by atoms with van der Waals surface area (Å²) < 4.78 is 6.79. The minimum absolute atomic E-state index is 0.313. The summed E-state index contributed by atoms with van der Waals surface area (Å²) in [6.45, 7) is 0. The van der Waals surface area contributed by atoms with Crippen LogP contribution >= 0.6 is 23.4 Å². The zero-order chi connectivity index (χ0) is 14.3. The van der Waals surface area contributed by atoms with E-state index in [-0.39, 0.29) is 0 Å². The smallest absolute Gasteiger partial charge is 0.431 e. The Balaban J connectivity index is 1.94. The summed E-state index contributed by atoms with van der Waals surface area (Å²) >= 11 is 6.91. The zero-order valence-corrected chi connectivity index (χ0v) is 11.6. The van der Waals surface area contributed by atoms with Crippen molar-refractivity contribution in [3.63, 3.8) is 0 Å². The lowest BCUT2D eigenvalue weighted by molar-refractivity contribution is -0.394. The first-order valence-electron chi connectivity index (χ1n) is 5.32. The van der Waals surface area contributed by atoms with Crippen LogP contribution in [0.4, 0.5) is 5.95 Å². The largest absolute Gasteiger partial charge is 0.492 e. The van der Waals surface area contributed by atoms with E-state index in [0.29, 0.717) is 26.5 Å². The molecule has 0 atom stereocenters.